The van der Waals surface area contributed by atoms with Gasteiger partial charge in [-0.25, -0.2) is 0 Å². The molecule has 24 heavy (non-hydrogen) atoms. The fourth-order valence-corrected chi connectivity index (χ4v) is 2.65. The SMILES string of the molecule is O=C(NCCO)C1CCN(C(=O)c2ccc(C(F)(F)F)cc2)CC1. The molecule has 1 aromatic rings. The molecule has 2 rings (SSSR count). The molecule has 1 aliphatic rings. The molecule has 0 spiro atoms. The third kappa shape index (κ3) is 4.47. The van der Waals surface area contributed by atoms with E-state index in [1.807, 2.05) is 0 Å². The summed E-state index contributed by atoms with van der Waals surface area (Å²) in [6, 6.07) is 4.13. The highest BCUT2D eigenvalue weighted by Crippen LogP contribution is 2.29. The van der Waals surface area contributed by atoms with E-state index in [4.69, 9.17) is 5.11 Å². The van der Waals surface area contributed by atoms with E-state index in [0.717, 1.165) is 12.1 Å². The van der Waals surface area contributed by atoms with Gasteiger partial charge in [0, 0.05) is 31.1 Å². The van der Waals surface area contributed by atoms with Gasteiger partial charge >= 0.3 is 6.18 Å². The Hall–Kier alpha value is -2.09. The van der Waals surface area contributed by atoms with Gasteiger partial charge in [-0.1, -0.05) is 0 Å². The Morgan fingerprint density at radius 2 is 1.75 bits per heavy atom. The molecular weight excluding hydrogens is 325 g/mol. The third-order valence-corrected chi connectivity index (χ3v) is 4.02. The van der Waals surface area contributed by atoms with Crippen molar-refractivity contribution in [3.05, 3.63) is 35.4 Å². The zero-order valence-corrected chi connectivity index (χ0v) is 13.0. The van der Waals surface area contributed by atoms with Crippen LogP contribution in [0.15, 0.2) is 24.3 Å². The third-order valence-electron chi connectivity index (χ3n) is 4.02. The molecule has 1 fully saturated rings. The van der Waals surface area contributed by atoms with Gasteiger partial charge in [-0.15, -0.1) is 0 Å². The Kier molecular flexibility index (Phi) is 5.82. The first-order chi connectivity index (χ1) is 11.3. The molecule has 5 nitrogen and oxygen atoms in total. The van der Waals surface area contributed by atoms with Crippen molar-refractivity contribution in [2.24, 2.45) is 5.92 Å². The minimum atomic E-state index is -4.43. The molecular formula is C16H19F3N2O3. The van der Waals surface area contributed by atoms with Crippen LogP contribution < -0.4 is 5.32 Å². The second-order valence-electron chi connectivity index (χ2n) is 5.66. The Morgan fingerprint density at radius 1 is 1.17 bits per heavy atom. The van der Waals surface area contributed by atoms with Gasteiger partial charge in [-0.3, -0.25) is 9.59 Å². The van der Waals surface area contributed by atoms with E-state index in [2.05, 4.69) is 5.32 Å². The molecule has 8 heteroatoms. The Balaban J connectivity index is 1.92. The summed E-state index contributed by atoms with van der Waals surface area (Å²) in [5.41, 5.74) is -0.593. The van der Waals surface area contributed by atoms with Crippen LogP contribution >= 0.6 is 0 Å². The lowest BCUT2D eigenvalue weighted by Crippen LogP contribution is -2.43. The predicted octanol–water partition coefficient (Wildman–Crippen LogP) is 1.67. The lowest BCUT2D eigenvalue weighted by Gasteiger charge is -2.31. The number of amides is 2. The fourth-order valence-electron chi connectivity index (χ4n) is 2.65. The number of nitrogens with zero attached hydrogens (tertiary/aromatic N) is 1. The van der Waals surface area contributed by atoms with Crippen LogP contribution in [0, 0.1) is 5.92 Å². The number of nitrogens with one attached hydrogen (secondary N) is 1. The number of rotatable bonds is 4. The summed E-state index contributed by atoms with van der Waals surface area (Å²) in [4.78, 5) is 25.7. The minimum absolute atomic E-state index is 0.128. The van der Waals surface area contributed by atoms with E-state index in [1.165, 1.54) is 12.1 Å². The van der Waals surface area contributed by atoms with Crippen molar-refractivity contribution in [3.63, 3.8) is 0 Å². The predicted molar refractivity (Wildman–Crippen MR) is 80.2 cm³/mol. The summed E-state index contributed by atoms with van der Waals surface area (Å²) < 4.78 is 37.6. The molecule has 0 bridgehead atoms. The highest BCUT2D eigenvalue weighted by atomic mass is 19.4. The molecule has 1 aromatic carbocycles. The summed E-state index contributed by atoms with van der Waals surface area (Å²) >= 11 is 0. The maximum Gasteiger partial charge on any atom is 0.416 e. The molecule has 2 amide bonds. The van der Waals surface area contributed by atoms with Crippen LogP contribution in [0.1, 0.15) is 28.8 Å². The van der Waals surface area contributed by atoms with Gasteiger partial charge in [0.2, 0.25) is 5.91 Å². The number of carbonyl (C=O) groups excluding carboxylic acids is 2. The van der Waals surface area contributed by atoms with E-state index < -0.39 is 11.7 Å². The normalized spacial score (nSPS) is 16.1. The molecule has 1 heterocycles. The van der Waals surface area contributed by atoms with Gasteiger partial charge in [-0.05, 0) is 37.1 Å². The highest BCUT2D eigenvalue weighted by Gasteiger charge is 2.31. The number of likely N-dealkylation sites (tertiary alicyclic amines) is 1. The lowest BCUT2D eigenvalue weighted by atomic mass is 9.95. The zero-order chi connectivity index (χ0) is 17.7. The maximum atomic E-state index is 12.5. The van der Waals surface area contributed by atoms with Crippen molar-refractivity contribution < 1.29 is 27.9 Å². The van der Waals surface area contributed by atoms with Crippen LogP contribution in [0.5, 0.6) is 0 Å². The van der Waals surface area contributed by atoms with Crippen LogP contribution in [-0.2, 0) is 11.0 Å². The number of halogens is 3. The average molecular weight is 344 g/mol. The molecule has 1 saturated heterocycles. The Bertz CT molecular complexity index is 579. The largest absolute Gasteiger partial charge is 0.416 e. The number of piperidine rings is 1. The van der Waals surface area contributed by atoms with Gasteiger partial charge in [0.15, 0.2) is 0 Å². The van der Waals surface area contributed by atoms with Gasteiger partial charge in [-0.2, -0.15) is 13.2 Å². The average Bonchev–Trinajstić information content (AvgIpc) is 2.58. The van der Waals surface area contributed by atoms with Crippen molar-refractivity contribution in [2.75, 3.05) is 26.2 Å². The van der Waals surface area contributed by atoms with Gasteiger partial charge in [0.05, 0.1) is 12.2 Å². The molecule has 2 N–H and O–H groups in total. The number of hydrogen-bond donors (Lipinski definition) is 2. The van der Waals surface area contributed by atoms with Crippen LogP contribution in [0.2, 0.25) is 0 Å². The molecule has 0 unspecified atom stereocenters. The van der Waals surface area contributed by atoms with Crippen molar-refractivity contribution >= 4 is 11.8 Å². The van der Waals surface area contributed by atoms with Crippen LogP contribution in [0.25, 0.3) is 0 Å². The first kappa shape index (κ1) is 18.3. The number of benzene rings is 1. The maximum absolute atomic E-state index is 12.5. The molecule has 0 radical (unpaired) electrons. The summed E-state index contributed by atoms with van der Waals surface area (Å²) in [5, 5.41) is 11.3. The smallest absolute Gasteiger partial charge is 0.395 e. The standard InChI is InChI=1S/C16H19F3N2O3/c17-16(18,19)13-3-1-12(2-4-13)15(24)21-8-5-11(6-9-21)14(23)20-7-10-22/h1-4,11,22H,5-10H2,(H,20,23). The van der Waals surface area contributed by atoms with Gasteiger partial charge in [0.1, 0.15) is 0 Å². The Morgan fingerprint density at radius 3 is 2.25 bits per heavy atom. The summed E-state index contributed by atoms with van der Waals surface area (Å²) in [5.74, 6) is -0.697. The van der Waals surface area contributed by atoms with E-state index >= 15 is 0 Å². The van der Waals surface area contributed by atoms with Crippen molar-refractivity contribution in [2.45, 2.75) is 19.0 Å². The zero-order valence-electron chi connectivity index (χ0n) is 13.0. The minimum Gasteiger partial charge on any atom is -0.395 e. The van der Waals surface area contributed by atoms with E-state index in [0.29, 0.717) is 25.9 Å². The molecule has 1 aliphatic heterocycles. The van der Waals surface area contributed by atoms with Gasteiger partial charge < -0.3 is 15.3 Å². The molecule has 0 atom stereocenters. The van der Waals surface area contributed by atoms with Crippen LogP contribution in [0.3, 0.4) is 0 Å². The van der Waals surface area contributed by atoms with Crippen LogP contribution in [0.4, 0.5) is 13.2 Å². The number of aliphatic hydroxyl groups is 1. The highest BCUT2D eigenvalue weighted by molar-refractivity contribution is 5.94. The van der Waals surface area contributed by atoms with Crippen molar-refractivity contribution in [1.29, 1.82) is 0 Å². The fraction of sp³-hybridized carbons (Fsp3) is 0.500. The van der Waals surface area contributed by atoms with E-state index in [1.54, 1.807) is 4.90 Å². The second kappa shape index (κ2) is 7.65. The summed E-state index contributed by atoms with van der Waals surface area (Å²) in [6.07, 6.45) is -3.45. The Labute approximate surface area is 137 Å². The summed E-state index contributed by atoms with van der Waals surface area (Å²) in [6.45, 7) is 0.814. The van der Waals surface area contributed by atoms with Crippen LogP contribution in [-0.4, -0.2) is 48.1 Å². The molecule has 132 valence electrons. The number of carbonyl (C=O) groups is 2. The quantitative estimate of drug-likeness (QED) is 0.873. The molecule has 0 aromatic heterocycles. The monoisotopic (exact) mass is 344 g/mol. The molecule has 0 saturated carbocycles. The number of aliphatic hydroxyl groups excluding tert-OH is 1. The first-order valence-electron chi connectivity index (χ1n) is 7.68. The molecule has 0 aliphatic carbocycles. The first-order valence-corrected chi connectivity index (χ1v) is 7.68. The topological polar surface area (TPSA) is 69.6 Å². The van der Waals surface area contributed by atoms with Gasteiger partial charge in [0.25, 0.3) is 5.91 Å². The van der Waals surface area contributed by atoms with E-state index in [-0.39, 0.29) is 36.4 Å². The number of hydrogen-bond acceptors (Lipinski definition) is 3. The van der Waals surface area contributed by atoms with Crippen molar-refractivity contribution in [3.8, 4) is 0 Å². The summed E-state index contributed by atoms with van der Waals surface area (Å²) in [7, 11) is 0. The lowest BCUT2D eigenvalue weighted by molar-refractivity contribution is -0.137. The number of alkyl halides is 3. The second-order valence-corrected chi connectivity index (χ2v) is 5.66. The van der Waals surface area contributed by atoms with E-state index in [9.17, 15) is 22.8 Å². The van der Waals surface area contributed by atoms with Crippen molar-refractivity contribution in [1.82, 2.24) is 10.2 Å².